The molecule has 0 saturated carbocycles. The molecule has 0 aromatic carbocycles. The van der Waals surface area contributed by atoms with Crippen LogP contribution < -0.4 is 10.2 Å². The Labute approximate surface area is 199 Å². The number of thiophene rings is 1. The van der Waals surface area contributed by atoms with Gasteiger partial charge in [0.15, 0.2) is 0 Å². The number of anilines is 2. The number of pyridine rings is 1. The molecule has 0 spiro atoms. The second-order valence-electron chi connectivity index (χ2n) is 8.43. The number of nitriles is 1. The Kier molecular flexibility index (Phi) is 8.80. The summed E-state index contributed by atoms with van der Waals surface area (Å²) in [6, 6.07) is 5.74. The molecule has 0 atom stereocenters. The van der Waals surface area contributed by atoms with Gasteiger partial charge in [-0.15, -0.1) is 11.3 Å². The van der Waals surface area contributed by atoms with Crippen molar-refractivity contribution in [2.24, 2.45) is 5.92 Å². The minimum atomic E-state index is -0.390. The van der Waals surface area contributed by atoms with Crippen molar-refractivity contribution < 1.29 is 14.3 Å². The van der Waals surface area contributed by atoms with Crippen LogP contribution in [0.5, 0.6) is 0 Å². The number of nitrogens with zero attached hydrogens (tertiary/aromatic N) is 4. The van der Waals surface area contributed by atoms with Gasteiger partial charge in [-0.25, -0.2) is 9.78 Å². The number of carbonyl (C=O) groups is 2. The predicted octanol–water partition coefficient (Wildman–Crippen LogP) is 3.54. The summed E-state index contributed by atoms with van der Waals surface area (Å²) in [4.78, 5) is 34.0. The van der Waals surface area contributed by atoms with Crippen molar-refractivity contribution >= 4 is 34.0 Å². The fraction of sp³-hybridized carbons (Fsp3) is 0.500. The largest absolute Gasteiger partial charge is 0.462 e. The average Bonchev–Trinajstić information content (AvgIpc) is 3.01. The van der Waals surface area contributed by atoms with Crippen molar-refractivity contribution in [2.75, 3.05) is 49.5 Å². The summed E-state index contributed by atoms with van der Waals surface area (Å²) >= 11 is 1.37. The first-order valence-electron chi connectivity index (χ1n) is 11.3. The molecular weight excluding hydrogens is 438 g/mol. The highest BCUT2D eigenvalue weighted by Crippen LogP contribution is 2.31. The van der Waals surface area contributed by atoms with Gasteiger partial charge in [-0.05, 0) is 48.8 Å². The summed E-state index contributed by atoms with van der Waals surface area (Å²) in [5.41, 5.74) is 1.95. The van der Waals surface area contributed by atoms with Crippen LogP contribution in [0.3, 0.4) is 0 Å². The van der Waals surface area contributed by atoms with Crippen molar-refractivity contribution in [1.29, 1.82) is 5.26 Å². The second kappa shape index (κ2) is 11.8. The summed E-state index contributed by atoms with van der Waals surface area (Å²) < 4.78 is 5.24. The fourth-order valence-corrected chi connectivity index (χ4v) is 4.93. The molecule has 3 heterocycles. The SMILES string of the molecule is CCOC(=O)c1c(CC(C)C)csc1NC(=O)CN1CCCN(c2ncccc2C#N)CC1. The Bertz CT molecular complexity index is 1010. The van der Waals surface area contributed by atoms with E-state index < -0.39 is 5.97 Å². The highest BCUT2D eigenvalue weighted by atomic mass is 32.1. The lowest BCUT2D eigenvalue weighted by atomic mass is 10.0. The van der Waals surface area contributed by atoms with Crippen molar-refractivity contribution in [3.05, 3.63) is 40.4 Å². The molecule has 3 rings (SSSR count). The maximum absolute atomic E-state index is 12.8. The Morgan fingerprint density at radius 1 is 1.30 bits per heavy atom. The second-order valence-corrected chi connectivity index (χ2v) is 9.31. The highest BCUT2D eigenvalue weighted by molar-refractivity contribution is 7.15. The van der Waals surface area contributed by atoms with Gasteiger partial charge in [-0.2, -0.15) is 5.26 Å². The highest BCUT2D eigenvalue weighted by Gasteiger charge is 2.24. The number of hydrogen-bond donors (Lipinski definition) is 1. The zero-order valence-corrected chi connectivity index (χ0v) is 20.3. The molecule has 8 nitrogen and oxygen atoms in total. The molecule has 176 valence electrons. The van der Waals surface area contributed by atoms with E-state index in [0.717, 1.165) is 31.5 Å². The van der Waals surface area contributed by atoms with Crippen LogP contribution >= 0.6 is 11.3 Å². The van der Waals surface area contributed by atoms with Crippen LogP contribution in [-0.4, -0.2) is 61.1 Å². The molecule has 1 aliphatic heterocycles. The van der Waals surface area contributed by atoms with Crippen molar-refractivity contribution in [2.45, 2.75) is 33.6 Å². The van der Waals surface area contributed by atoms with E-state index in [1.807, 2.05) is 5.38 Å². The Morgan fingerprint density at radius 2 is 2.12 bits per heavy atom. The lowest BCUT2D eigenvalue weighted by Gasteiger charge is -2.23. The van der Waals surface area contributed by atoms with Gasteiger partial charge in [0.05, 0.1) is 24.3 Å². The van der Waals surface area contributed by atoms with E-state index in [4.69, 9.17) is 4.74 Å². The van der Waals surface area contributed by atoms with E-state index >= 15 is 0 Å². The topological polar surface area (TPSA) is 98.6 Å². The molecule has 2 aromatic rings. The van der Waals surface area contributed by atoms with Gasteiger partial charge in [0.2, 0.25) is 5.91 Å². The quantitative estimate of drug-likeness (QED) is 0.591. The molecular formula is C24H31N5O3S. The molecule has 0 radical (unpaired) electrons. The van der Waals surface area contributed by atoms with Gasteiger partial charge < -0.3 is 15.0 Å². The average molecular weight is 470 g/mol. The number of ether oxygens (including phenoxy) is 1. The molecule has 33 heavy (non-hydrogen) atoms. The first-order chi connectivity index (χ1) is 15.9. The lowest BCUT2D eigenvalue weighted by molar-refractivity contribution is -0.117. The van der Waals surface area contributed by atoms with E-state index in [-0.39, 0.29) is 19.1 Å². The molecule has 2 aromatic heterocycles. The van der Waals surface area contributed by atoms with Crippen LogP contribution in [0, 0.1) is 17.2 Å². The number of nitrogens with one attached hydrogen (secondary N) is 1. The van der Waals surface area contributed by atoms with Crippen molar-refractivity contribution in [1.82, 2.24) is 9.88 Å². The van der Waals surface area contributed by atoms with Crippen LogP contribution in [0.1, 0.15) is 48.7 Å². The monoisotopic (exact) mass is 469 g/mol. The van der Waals surface area contributed by atoms with Crippen LogP contribution in [-0.2, 0) is 16.0 Å². The Hall–Kier alpha value is -2.96. The fourth-order valence-electron chi connectivity index (χ4n) is 3.95. The Morgan fingerprint density at radius 3 is 2.85 bits per heavy atom. The molecule has 1 saturated heterocycles. The predicted molar refractivity (Wildman–Crippen MR) is 130 cm³/mol. The molecule has 0 bridgehead atoms. The molecule has 1 N–H and O–H groups in total. The molecule has 1 fully saturated rings. The van der Waals surface area contributed by atoms with Gasteiger partial charge in [0.25, 0.3) is 0 Å². The number of aromatic nitrogens is 1. The molecule has 1 aliphatic rings. The lowest BCUT2D eigenvalue weighted by Crippen LogP contribution is -2.36. The third-order valence-corrected chi connectivity index (χ3v) is 6.33. The number of amides is 1. The summed E-state index contributed by atoms with van der Waals surface area (Å²) in [7, 11) is 0. The minimum Gasteiger partial charge on any atom is -0.462 e. The summed E-state index contributed by atoms with van der Waals surface area (Å²) in [5, 5.41) is 14.8. The van der Waals surface area contributed by atoms with E-state index in [0.29, 0.717) is 41.0 Å². The van der Waals surface area contributed by atoms with Crippen molar-refractivity contribution in [3.63, 3.8) is 0 Å². The number of hydrogen-bond acceptors (Lipinski definition) is 8. The van der Waals surface area contributed by atoms with E-state index in [1.54, 1.807) is 25.3 Å². The number of rotatable bonds is 8. The van der Waals surface area contributed by atoms with Gasteiger partial charge in [-0.1, -0.05) is 13.8 Å². The third kappa shape index (κ3) is 6.53. The molecule has 0 aliphatic carbocycles. The number of carbonyl (C=O) groups excluding carboxylic acids is 2. The molecule has 1 amide bonds. The van der Waals surface area contributed by atoms with E-state index in [2.05, 4.69) is 40.0 Å². The van der Waals surface area contributed by atoms with Crippen molar-refractivity contribution in [3.8, 4) is 6.07 Å². The van der Waals surface area contributed by atoms with E-state index in [9.17, 15) is 14.9 Å². The van der Waals surface area contributed by atoms with Crippen LogP contribution in [0.2, 0.25) is 0 Å². The zero-order chi connectivity index (χ0) is 23.8. The smallest absolute Gasteiger partial charge is 0.341 e. The standard InChI is InChI=1S/C24H31N5O3S/c1-4-32-24(31)21-19(13-17(2)3)16-33-23(21)27-20(30)15-28-9-6-10-29(12-11-28)22-18(14-25)7-5-8-26-22/h5,7-8,16-17H,4,6,9-13,15H2,1-3H3,(H,27,30). The van der Waals surface area contributed by atoms with Gasteiger partial charge in [0, 0.05) is 32.4 Å². The van der Waals surface area contributed by atoms with Crippen LogP contribution in [0.4, 0.5) is 10.8 Å². The summed E-state index contributed by atoms with van der Waals surface area (Å²) in [6.07, 6.45) is 3.31. The van der Waals surface area contributed by atoms with Gasteiger partial charge >= 0.3 is 5.97 Å². The first kappa shape index (κ1) is 24.7. The Balaban J connectivity index is 1.64. The van der Waals surface area contributed by atoms with E-state index in [1.165, 1.54) is 11.3 Å². The maximum atomic E-state index is 12.8. The normalized spacial score (nSPS) is 14.6. The van der Waals surface area contributed by atoms with Crippen LogP contribution in [0.15, 0.2) is 23.7 Å². The van der Waals surface area contributed by atoms with Crippen LogP contribution in [0.25, 0.3) is 0 Å². The number of esters is 1. The minimum absolute atomic E-state index is 0.150. The first-order valence-corrected chi connectivity index (χ1v) is 12.2. The van der Waals surface area contributed by atoms with Gasteiger partial charge in [0.1, 0.15) is 16.9 Å². The summed E-state index contributed by atoms with van der Waals surface area (Å²) in [5.74, 6) is 0.542. The third-order valence-electron chi connectivity index (χ3n) is 5.39. The molecule has 9 heteroatoms. The molecule has 0 unspecified atom stereocenters. The maximum Gasteiger partial charge on any atom is 0.341 e. The summed E-state index contributed by atoms with van der Waals surface area (Å²) in [6.45, 7) is 9.41. The zero-order valence-electron chi connectivity index (χ0n) is 19.5. The van der Waals surface area contributed by atoms with Gasteiger partial charge in [-0.3, -0.25) is 9.69 Å².